The zero-order chi connectivity index (χ0) is 15.2. The van der Waals surface area contributed by atoms with Gasteiger partial charge in [-0.25, -0.2) is 4.39 Å². The van der Waals surface area contributed by atoms with E-state index >= 15 is 0 Å². The first-order valence-electron chi connectivity index (χ1n) is 7.85. The molecule has 0 saturated carbocycles. The Hall–Kier alpha value is -1.04. The maximum absolute atomic E-state index is 13.0. The Kier molecular flexibility index (Phi) is 6.08. The molecular weight excluding hydrogens is 269 g/mol. The Morgan fingerprint density at radius 1 is 1.52 bits per heavy atom. The summed E-state index contributed by atoms with van der Waals surface area (Å²) in [6.07, 6.45) is 3.33. The largest absolute Gasteiger partial charge is 0.395 e. The molecule has 5 heteroatoms. The summed E-state index contributed by atoms with van der Waals surface area (Å²) < 4.78 is 13.0. The van der Waals surface area contributed by atoms with Crippen molar-refractivity contribution in [3.63, 3.8) is 0 Å². The van der Waals surface area contributed by atoms with E-state index < -0.39 is 0 Å². The second-order valence-electron chi connectivity index (χ2n) is 5.85. The summed E-state index contributed by atoms with van der Waals surface area (Å²) in [6, 6.07) is 3.61. The van der Waals surface area contributed by atoms with Gasteiger partial charge in [-0.15, -0.1) is 0 Å². The molecule has 21 heavy (non-hydrogen) atoms. The minimum Gasteiger partial charge on any atom is -0.395 e. The maximum Gasteiger partial charge on any atom is 0.141 e. The van der Waals surface area contributed by atoms with Gasteiger partial charge < -0.3 is 10.4 Å². The molecule has 0 aromatic carbocycles. The van der Waals surface area contributed by atoms with Crippen molar-refractivity contribution < 1.29 is 9.50 Å². The van der Waals surface area contributed by atoms with Crippen LogP contribution in [-0.4, -0.2) is 47.3 Å². The zero-order valence-corrected chi connectivity index (χ0v) is 12.9. The van der Waals surface area contributed by atoms with Gasteiger partial charge in [0.05, 0.1) is 24.5 Å². The molecule has 2 rings (SSSR count). The van der Waals surface area contributed by atoms with Crippen LogP contribution >= 0.6 is 0 Å². The Morgan fingerprint density at radius 2 is 2.33 bits per heavy atom. The average Bonchev–Trinajstić information content (AvgIpc) is 2.84. The number of nitrogens with zero attached hydrogens (tertiary/aromatic N) is 2. The standard InChI is InChI=1S/C16H26FN3O/c1-3-18-15(14-5-4-13(17)10-19-14)7-9-20-8-6-12(2)16(20)11-21/h4-5,10,12,15-16,18,21H,3,6-9,11H2,1-2H3. The van der Waals surface area contributed by atoms with Gasteiger partial charge in [-0.05, 0) is 44.0 Å². The molecule has 1 aromatic rings. The molecule has 0 amide bonds. The van der Waals surface area contributed by atoms with Crippen LogP contribution in [0.25, 0.3) is 0 Å². The Bertz CT molecular complexity index is 426. The van der Waals surface area contributed by atoms with Gasteiger partial charge in [0.1, 0.15) is 5.82 Å². The second kappa shape index (κ2) is 7.82. The minimum absolute atomic E-state index is 0.130. The van der Waals surface area contributed by atoms with Gasteiger partial charge in [-0.2, -0.15) is 0 Å². The highest BCUT2D eigenvalue weighted by atomic mass is 19.1. The average molecular weight is 295 g/mol. The van der Waals surface area contributed by atoms with Crippen LogP contribution in [0, 0.1) is 11.7 Å². The van der Waals surface area contributed by atoms with Gasteiger partial charge in [0, 0.05) is 12.6 Å². The number of pyridine rings is 1. The summed E-state index contributed by atoms with van der Waals surface area (Å²) in [4.78, 5) is 6.55. The normalized spacial score (nSPS) is 24.4. The van der Waals surface area contributed by atoms with E-state index in [1.165, 1.54) is 12.3 Å². The van der Waals surface area contributed by atoms with Gasteiger partial charge in [-0.1, -0.05) is 13.8 Å². The van der Waals surface area contributed by atoms with Crippen LogP contribution < -0.4 is 5.32 Å². The number of rotatable bonds is 7. The van der Waals surface area contributed by atoms with Crippen molar-refractivity contribution in [2.45, 2.75) is 38.8 Å². The summed E-state index contributed by atoms with van der Waals surface area (Å²) in [5, 5.41) is 12.9. The number of nitrogens with one attached hydrogen (secondary N) is 1. The van der Waals surface area contributed by atoms with Crippen LogP contribution in [-0.2, 0) is 0 Å². The molecule has 0 bridgehead atoms. The van der Waals surface area contributed by atoms with Gasteiger partial charge in [0.25, 0.3) is 0 Å². The molecule has 3 atom stereocenters. The maximum atomic E-state index is 13.0. The van der Waals surface area contributed by atoms with Crippen molar-refractivity contribution in [2.24, 2.45) is 5.92 Å². The smallest absolute Gasteiger partial charge is 0.141 e. The molecule has 3 unspecified atom stereocenters. The molecule has 0 radical (unpaired) electrons. The lowest BCUT2D eigenvalue weighted by atomic mass is 10.0. The van der Waals surface area contributed by atoms with E-state index in [4.69, 9.17) is 0 Å². The van der Waals surface area contributed by atoms with E-state index in [0.29, 0.717) is 5.92 Å². The SMILES string of the molecule is CCNC(CCN1CCC(C)C1CO)c1ccc(F)cn1. The molecule has 1 fully saturated rings. The van der Waals surface area contributed by atoms with Crippen LogP contribution in [0.3, 0.4) is 0 Å². The van der Waals surface area contributed by atoms with E-state index in [0.717, 1.165) is 38.2 Å². The van der Waals surface area contributed by atoms with Crippen molar-refractivity contribution in [2.75, 3.05) is 26.2 Å². The molecule has 2 heterocycles. The van der Waals surface area contributed by atoms with Crippen LogP contribution in [0.15, 0.2) is 18.3 Å². The monoisotopic (exact) mass is 295 g/mol. The fourth-order valence-corrected chi connectivity index (χ4v) is 3.15. The third-order valence-electron chi connectivity index (χ3n) is 4.45. The molecule has 2 N–H and O–H groups in total. The summed E-state index contributed by atoms with van der Waals surface area (Å²) >= 11 is 0. The second-order valence-corrected chi connectivity index (χ2v) is 5.85. The molecule has 118 valence electrons. The molecule has 4 nitrogen and oxygen atoms in total. The number of aliphatic hydroxyl groups is 1. The number of hydrogen-bond donors (Lipinski definition) is 2. The van der Waals surface area contributed by atoms with Crippen molar-refractivity contribution in [1.29, 1.82) is 0 Å². The van der Waals surface area contributed by atoms with Crippen molar-refractivity contribution >= 4 is 0 Å². The topological polar surface area (TPSA) is 48.4 Å². The molecule has 1 aromatic heterocycles. The number of hydrogen-bond acceptors (Lipinski definition) is 4. The summed E-state index contributed by atoms with van der Waals surface area (Å²) in [6.45, 7) is 7.30. The predicted octanol–water partition coefficient (Wildman–Crippen LogP) is 1.96. The Labute approximate surface area is 126 Å². The predicted molar refractivity (Wildman–Crippen MR) is 81.5 cm³/mol. The summed E-state index contributed by atoms with van der Waals surface area (Å²) in [5.74, 6) is 0.249. The lowest BCUT2D eigenvalue weighted by molar-refractivity contribution is 0.135. The van der Waals surface area contributed by atoms with Crippen LogP contribution in [0.2, 0.25) is 0 Å². The molecule has 1 aliphatic rings. The highest BCUT2D eigenvalue weighted by molar-refractivity contribution is 5.10. The lowest BCUT2D eigenvalue weighted by Gasteiger charge is -2.27. The first-order valence-corrected chi connectivity index (χ1v) is 7.85. The van der Waals surface area contributed by atoms with Crippen molar-refractivity contribution in [1.82, 2.24) is 15.2 Å². The van der Waals surface area contributed by atoms with Crippen LogP contribution in [0.5, 0.6) is 0 Å². The van der Waals surface area contributed by atoms with Crippen molar-refractivity contribution in [3.05, 3.63) is 29.8 Å². The molecule has 0 aliphatic carbocycles. The van der Waals surface area contributed by atoms with Crippen LogP contribution in [0.4, 0.5) is 4.39 Å². The van der Waals surface area contributed by atoms with E-state index in [1.807, 2.05) is 0 Å². The third-order valence-corrected chi connectivity index (χ3v) is 4.45. The first kappa shape index (κ1) is 16.3. The van der Waals surface area contributed by atoms with E-state index in [1.54, 1.807) is 6.07 Å². The van der Waals surface area contributed by atoms with Gasteiger partial charge in [0.2, 0.25) is 0 Å². The van der Waals surface area contributed by atoms with Gasteiger partial charge in [0.15, 0.2) is 0 Å². The van der Waals surface area contributed by atoms with E-state index in [9.17, 15) is 9.50 Å². The summed E-state index contributed by atoms with van der Waals surface area (Å²) in [5.41, 5.74) is 0.881. The van der Waals surface area contributed by atoms with Gasteiger partial charge >= 0.3 is 0 Å². The number of halogens is 1. The number of aromatic nitrogens is 1. The van der Waals surface area contributed by atoms with E-state index in [-0.39, 0.29) is 24.5 Å². The fraction of sp³-hybridized carbons (Fsp3) is 0.688. The first-order chi connectivity index (χ1) is 10.2. The lowest BCUT2D eigenvalue weighted by Crippen LogP contribution is -2.37. The molecule has 1 saturated heterocycles. The van der Waals surface area contributed by atoms with E-state index in [2.05, 4.69) is 29.0 Å². The summed E-state index contributed by atoms with van der Waals surface area (Å²) in [7, 11) is 0. The number of aliphatic hydroxyl groups excluding tert-OH is 1. The van der Waals surface area contributed by atoms with Crippen molar-refractivity contribution in [3.8, 4) is 0 Å². The quantitative estimate of drug-likeness (QED) is 0.807. The Morgan fingerprint density at radius 3 is 2.95 bits per heavy atom. The molecule has 1 aliphatic heterocycles. The Balaban J connectivity index is 1.95. The van der Waals surface area contributed by atoms with Crippen LogP contribution in [0.1, 0.15) is 38.4 Å². The molecular formula is C16H26FN3O. The molecule has 0 spiro atoms. The number of likely N-dealkylation sites (tertiary alicyclic amines) is 1. The van der Waals surface area contributed by atoms with Gasteiger partial charge in [-0.3, -0.25) is 9.88 Å². The zero-order valence-electron chi connectivity index (χ0n) is 12.9. The third kappa shape index (κ3) is 4.22. The highest BCUT2D eigenvalue weighted by Crippen LogP contribution is 2.25. The minimum atomic E-state index is -0.303. The highest BCUT2D eigenvalue weighted by Gasteiger charge is 2.30. The fourth-order valence-electron chi connectivity index (χ4n) is 3.15.